The minimum absolute atomic E-state index is 0.100. The smallest absolute Gasteiger partial charge is 0.321 e. The van der Waals surface area contributed by atoms with Crippen LogP contribution in [0.15, 0.2) is 103 Å². The molecule has 43 heavy (non-hydrogen) atoms. The standard InChI is InChI=1S/C35H35N3O5/c1-43-32-17-14-27(18-28(32)21-36)23-38-31(20-25-10-6-3-7-11-25)34(41)33(40)30(19-24-8-4-2-5-9-24)37(35(38)42)22-26-12-15-29(39)16-13-26/h2-18,30-31,33-34,39-41H,19-20,22-23H2,1H3/t30-,31-,33+,34+/m1/s1. The first-order chi connectivity index (χ1) is 20.9. The van der Waals surface area contributed by atoms with Crippen LogP contribution in [0.3, 0.4) is 0 Å². The normalized spacial score (nSPS) is 20.4. The van der Waals surface area contributed by atoms with Gasteiger partial charge in [-0.25, -0.2) is 4.79 Å². The molecule has 5 rings (SSSR count). The molecule has 220 valence electrons. The molecular formula is C35H35N3O5. The molecule has 2 amide bonds. The first-order valence-corrected chi connectivity index (χ1v) is 14.2. The molecular weight excluding hydrogens is 542 g/mol. The maximum Gasteiger partial charge on any atom is 0.321 e. The average molecular weight is 578 g/mol. The van der Waals surface area contributed by atoms with E-state index in [0.29, 0.717) is 29.7 Å². The molecule has 8 nitrogen and oxygen atoms in total. The van der Waals surface area contributed by atoms with Gasteiger partial charge in [-0.1, -0.05) is 78.9 Å². The molecule has 0 unspecified atom stereocenters. The molecule has 0 aromatic heterocycles. The van der Waals surface area contributed by atoms with Crippen molar-refractivity contribution in [3.63, 3.8) is 0 Å². The number of hydrogen-bond donors (Lipinski definition) is 3. The fourth-order valence-electron chi connectivity index (χ4n) is 5.75. The molecule has 4 aromatic carbocycles. The Balaban J connectivity index is 1.60. The van der Waals surface area contributed by atoms with Crippen LogP contribution < -0.4 is 4.74 Å². The lowest BCUT2D eigenvalue weighted by molar-refractivity contribution is -0.0408. The van der Waals surface area contributed by atoms with Crippen LogP contribution in [0.4, 0.5) is 4.79 Å². The van der Waals surface area contributed by atoms with Crippen LogP contribution in [0.25, 0.3) is 0 Å². The van der Waals surface area contributed by atoms with Crippen molar-refractivity contribution >= 4 is 6.03 Å². The molecule has 0 bridgehead atoms. The van der Waals surface area contributed by atoms with Gasteiger partial charge in [-0.05, 0) is 59.4 Å². The summed E-state index contributed by atoms with van der Waals surface area (Å²) in [5, 5.41) is 43.2. The third-order valence-electron chi connectivity index (χ3n) is 8.03. The highest BCUT2D eigenvalue weighted by Crippen LogP contribution is 2.31. The van der Waals surface area contributed by atoms with Crippen molar-refractivity contribution in [2.24, 2.45) is 0 Å². The van der Waals surface area contributed by atoms with Crippen molar-refractivity contribution in [1.29, 1.82) is 5.26 Å². The van der Waals surface area contributed by atoms with Crippen LogP contribution in [0.1, 0.15) is 27.8 Å². The van der Waals surface area contributed by atoms with Crippen LogP contribution in [-0.4, -0.2) is 62.6 Å². The van der Waals surface area contributed by atoms with E-state index in [9.17, 15) is 25.4 Å². The maximum absolute atomic E-state index is 14.7. The summed E-state index contributed by atoms with van der Waals surface area (Å²) in [6.45, 7) is 0.254. The summed E-state index contributed by atoms with van der Waals surface area (Å²) in [7, 11) is 1.50. The Morgan fingerprint density at radius 2 is 1.21 bits per heavy atom. The summed E-state index contributed by atoms with van der Waals surface area (Å²) in [5.74, 6) is 0.543. The zero-order chi connectivity index (χ0) is 30.3. The van der Waals surface area contributed by atoms with Gasteiger partial charge in [0.05, 0.1) is 24.8 Å². The second-order valence-corrected chi connectivity index (χ2v) is 10.8. The number of rotatable bonds is 9. The lowest BCUT2D eigenvalue weighted by Gasteiger charge is -2.36. The molecule has 3 N–H and O–H groups in total. The van der Waals surface area contributed by atoms with Crippen LogP contribution in [-0.2, 0) is 25.9 Å². The Bertz CT molecular complexity index is 1560. The highest BCUT2D eigenvalue weighted by Gasteiger charge is 2.46. The zero-order valence-corrected chi connectivity index (χ0v) is 24.0. The third kappa shape index (κ3) is 6.81. The predicted octanol–water partition coefficient (Wildman–Crippen LogP) is 4.65. The summed E-state index contributed by atoms with van der Waals surface area (Å²) in [4.78, 5) is 17.9. The number of ether oxygens (including phenoxy) is 1. The molecule has 0 aliphatic carbocycles. The first kappa shape index (κ1) is 29.6. The van der Waals surface area contributed by atoms with Crippen molar-refractivity contribution in [1.82, 2.24) is 9.80 Å². The molecule has 0 saturated carbocycles. The molecule has 1 aliphatic heterocycles. The van der Waals surface area contributed by atoms with E-state index in [4.69, 9.17) is 4.74 Å². The van der Waals surface area contributed by atoms with E-state index < -0.39 is 24.3 Å². The number of aliphatic hydroxyl groups is 2. The first-order valence-electron chi connectivity index (χ1n) is 14.2. The van der Waals surface area contributed by atoms with Crippen molar-refractivity contribution in [3.8, 4) is 17.6 Å². The van der Waals surface area contributed by atoms with E-state index >= 15 is 0 Å². The molecule has 4 aromatic rings. The molecule has 0 radical (unpaired) electrons. The number of nitriles is 1. The number of carbonyl (C=O) groups is 1. The van der Waals surface area contributed by atoms with E-state index in [1.54, 1.807) is 52.3 Å². The zero-order valence-electron chi connectivity index (χ0n) is 24.0. The van der Waals surface area contributed by atoms with E-state index in [0.717, 1.165) is 16.7 Å². The largest absolute Gasteiger partial charge is 0.508 e. The Morgan fingerprint density at radius 1 is 0.721 bits per heavy atom. The Morgan fingerprint density at radius 3 is 1.70 bits per heavy atom. The van der Waals surface area contributed by atoms with Gasteiger partial charge >= 0.3 is 6.03 Å². The van der Waals surface area contributed by atoms with Gasteiger partial charge in [0, 0.05) is 13.1 Å². The molecule has 1 aliphatic rings. The van der Waals surface area contributed by atoms with E-state index in [1.807, 2.05) is 60.7 Å². The lowest BCUT2D eigenvalue weighted by atomic mass is 9.91. The predicted molar refractivity (Wildman–Crippen MR) is 162 cm³/mol. The lowest BCUT2D eigenvalue weighted by Crippen LogP contribution is -2.50. The molecule has 1 heterocycles. The van der Waals surface area contributed by atoms with Crippen molar-refractivity contribution < 1.29 is 24.9 Å². The van der Waals surface area contributed by atoms with Crippen molar-refractivity contribution in [2.45, 2.75) is 50.2 Å². The van der Waals surface area contributed by atoms with Crippen LogP contribution in [0.5, 0.6) is 11.5 Å². The van der Waals surface area contributed by atoms with E-state index in [-0.39, 0.29) is 24.9 Å². The summed E-state index contributed by atoms with van der Waals surface area (Å²) < 4.78 is 5.31. The maximum atomic E-state index is 14.7. The van der Waals surface area contributed by atoms with Gasteiger partial charge in [0.15, 0.2) is 0 Å². The summed E-state index contributed by atoms with van der Waals surface area (Å²) in [5.41, 5.74) is 3.63. The van der Waals surface area contributed by atoms with E-state index in [1.165, 1.54) is 7.11 Å². The Labute approximate surface area is 251 Å². The molecule has 1 fully saturated rings. The third-order valence-corrected chi connectivity index (χ3v) is 8.03. The van der Waals surface area contributed by atoms with Gasteiger partial charge in [0.25, 0.3) is 0 Å². The molecule has 1 saturated heterocycles. The van der Waals surface area contributed by atoms with E-state index in [2.05, 4.69) is 6.07 Å². The number of aromatic hydroxyl groups is 1. The number of nitrogens with zero attached hydrogens (tertiary/aromatic N) is 3. The molecule has 8 heteroatoms. The number of hydrogen-bond acceptors (Lipinski definition) is 6. The number of phenols is 1. The number of urea groups is 1. The fourth-order valence-corrected chi connectivity index (χ4v) is 5.75. The second-order valence-electron chi connectivity index (χ2n) is 10.8. The number of benzene rings is 4. The van der Waals surface area contributed by atoms with Gasteiger partial charge in [-0.2, -0.15) is 5.26 Å². The molecule has 0 spiro atoms. The monoisotopic (exact) mass is 577 g/mol. The minimum Gasteiger partial charge on any atom is -0.508 e. The van der Waals surface area contributed by atoms with Crippen molar-refractivity contribution in [2.75, 3.05) is 7.11 Å². The summed E-state index contributed by atoms with van der Waals surface area (Å²) >= 11 is 0. The summed E-state index contributed by atoms with van der Waals surface area (Å²) in [6.07, 6.45) is -1.88. The number of methoxy groups -OCH3 is 1. The Hall–Kier alpha value is -4.84. The second kappa shape index (κ2) is 13.4. The minimum atomic E-state index is -1.27. The highest BCUT2D eigenvalue weighted by atomic mass is 16.5. The van der Waals surface area contributed by atoms with Gasteiger partial charge in [-0.15, -0.1) is 0 Å². The van der Waals surface area contributed by atoms with Gasteiger partial charge in [0.1, 0.15) is 29.8 Å². The number of amides is 2. The fraction of sp³-hybridized carbons (Fsp3) is 0.257. The highest BCUT2D eigenvalue weighted by molar-refractivity contribution is 5.76. The van der Waals surface area contributed by atoms with Gasteiger partial charge in [0.2, 0.25) is 0 Å². The quantitative estimate of drug-likeness (QED) is 0.267. The van der Waals surface area contributed by atoms with Crippen LogP contribution >= 0.6 is 0 Å². The van der Waals surface area contributed by atoms with Crippen molar-refractivity contribution in [3.05, 3.63) is 131 Å². The van der Waals surface area contributed by atoms with Crippen LogP contribution in [0, 0.1) is 11.3 Å². The number of aliphatic hydroxyl groups excluding tert-OH is 2. The Kier molecular flexibility index (Phi) is 9.26. The summed E-state index contributed by atoms with van der Waals surface area (Å²) in [6, 6.07) is 31.2. The average Bonchev–Trinajstić information content (AvgIpc) is 3.10. The topological polar surface area (TPSA) is 117 Å². The number of carbonyl (C=O) groups excluding carboxylic acids is 1. The molecule has 4 atom stereocenters. The number of phenolic OH excluding ortho intramolecular Hbond substituents is 1. The van der Waals surface area contributed by atoms with Gasteiger partial charge < -0.3 is 29.9 Å². The van der Waals surface area contributed by atoms with Crippen LogP contribution in [0.2, 0.25) is 0 Å². The SMILES string of the molecule is COc1ccc(CN2C(=O)N(Cc3ccc(O)cc3)[C@H](Cc3ccccc3)[C@H](O)[C@@H](O)[C@H]2Cc2ccccc2)cc1C#N. The van der Waals surface area contributed by atoms with Gasteiger partial charge in [-0.3, -0.25) is 0 Å².